The second-order valence-electron chi connectivity index (χ2n) is 6.71. The van der Waals surface area contributed by atoms with Crippen LogP contribution in [0.4, 0.5) is 11.4 Å². The van der Waals surface area contributed by atoms with Gasteiger partial charge in [-0.3, -0.25) is 9.59 Å². The van der Waals surface area contributed by atoms with E-state index in [0.717, 1.165) is 19.3 Å². The Morgan fingerprint density at radius 2 is 1.37 bits per heavy atom. The van der Waals surface area contributed by atoms with E-state index in [4.69, 9.17) is 17.3 Å². The van der Waals surface area contributed by atoms with Crippen LogP contribution in [-0.4, -0.2) is 17.4 Å². The topological polar surface area (TPSA) is 84.2 Å². The Bertz CT molecular complexity index is 786. The van der Waals surface area contributed by atoms with Gasteiger partial charge in [-0.05, 0) is 61.4 Å². The van der Waals surface area contributed by atoms with Gasteiger partial charge in [-0.1, -0.05) is 30.9 Å². The fraction of sp³-hybridized carbons (Fsp3) is 0.300. The van der Waals surface area contributed by atoms with Gasteiger partial charge >= 0.3 is 0 Å². The van der Waals surface area contributed by atoms with Crippen LogP contribution in [0.25, 0.3) is 0 Å². The molecule has 0 unspecified atom stereocenters. The van der Waals surface area contributed by atoms with E-state index in [1.807, 2.05) is 0 Å². The zero-order valence-corrected chi connectivity index (χ0v) is 16.4. The second-order valence-corrected chi connectivity index (χ2v) is 7.15. The number of anilines is 2. The molecule has 1 fully saturated rings. The summed E-state index contributed by atoms with van der Waals surface area (Å²) in [5.74, 6) is -0.364. The summed E-state index contributed by atoms with van der Waals surface area (Å²) in [7, 11) is 0. The Labute approximate surface area is 170 Å². The SMILES string of the molecule is Cl.NC1(C(=O)Nc2ccc(NC(=O)c3ccc(Cl)cc3)cc2)CCCCC1. The van der Waals surface area contributed by atoms with Gasteiger partial charge < -0.3 is 16.4 Å². The number of amides is 2. The van der Waals surface area contributed by atoms with Crippen molar-refractivity contribution in [1.82, 2.24) is 0 Å². The van der Waals surface area contributed by atoms with Crippen LogP contribution in [0.3, 0.4) is 0 Å². The molecular formula is C20H23Cl2N3O2. The summed E-state index contributed by atoms with van der Waals surface area (Å²) in [6.45, 7) is 0. The van der Waals surface area contributed by atoms with Gasteiger partial charge in [-0.25, -0.2) is 0 Å². The van der Waals surface area contributed by atoms with Gasteiger partial charge in [-0.15, -0.1) is 12.4 Å². The van der Waals surface area contributed by atoms with Crippen LogP contribution in [0.5, 0.6) is 0 Å². The molecule has 144 valence electrons. The number of hydrogen-bond donors (Lipinski definition) is 3. The van der Waals surface area contributed by atoms with E-state index < -0.39 is 5.54 Å². The molecule has 1 saturated carbocycles. The maximum Gasteiger partial charge on any atom is 0.255 e. The van der Waals surface area contributed by atoms with E-state index in [1.54, 1.807) is 48.5 Å². The summed E-state index contributed by atoms with van der Waals surface area (Å²) >= 11 is 5.83. The molecule has 0 bridgehead atoms. The van der Waals surface area contributed by atoms with E-state index in [2.05, 4.69) is 10.6 Å². The van der Waals surface area contributed by atoms with E-state index >= 15 is 0 Å². The molecular weight excluding hydrogens is 385 g/mol. The lowest BCUT2D eigenvalue weighted by atomic mass is 9.82. The Kier molecular flexibility index (Phi) is 7.25. The molecule has 2 amide bonds. The number of carbonyl (C=O) groups is 2. The van der Waals surface area contributed by atoms with Crippen LogP contribution in [0.15, 0.2) is 48.5 Å². The van der Waals surface area contributed by atoms with Crippen LogP contribution in [-0.2, 0) is 4.79 Å². The quantitative estimate of drug-likeness (QED) is 0.691. The average Bonchev–Trinajstić information content (AvgIpc) is 2.64. The minimum atomic E-state index is -0.778. The molecule has 1 aliphatic carbocycles. The zero-order valence-electron chi connectivity index (χ0n) is 14.8. The fourth-order valence-corrected chi connectivity index (χ4v) is 3.23. The van der Waals surface area contributed by atoms with E-state index in [9.17, 15) is 9.59 Å². The molecule has 3 rings (SSSR count). The van der Waals surface area contributed by atoms with Crippen molar-refractivity contribution in [3.63, 3.8) is 0 Å². The van der Waals surface area contributed by atoms with Crippen LogP contribution in [0.2, 0.25) is 5.02 Å². The van der Waals surface area contributed by atoms with Crippen molar-refractivity contribution in [2.24, 2.45) is 5.73 Å². The predicted molar refractivity (Wildman–Crippen MR) is 112 cm³/mol. The minimum Gasteiger partial charge on any atom is -0.324 e. The summed E-state index contributed by atoms with van der Waals surface area (Å²) in [6, 6.07) is 13.7. The number of rotatable bonds is 4. The number of carbonyl (C=O) groups excluding carboxylic acids is 2. The lowest BCUT2D eigenvalue weighted by molar-refractivity contribution is -0.122. The number of hydrogen-bond acceptors (Lipinski definition) is 3. The molecule has 0 saturated heterocycles. The number of halogens is 2. The largest absolute Gasteiger partial charge is 0.324 e. The fourth-order valence-electron chi connectivity index (χ4n) is 3.11. The van der Waals surface area contributed by atoms with Crippen molar-refractivity contribution < 1.29 is 9.59 Å². The summed E-state index contributed by atoms with van der Waals surface area (Å²) in [6.07, 6.45) is 4.54. The summed E-state index contributed by atoms with van der Waals surface area (Å²) in [5, 5.41) is 6.27. The molecule has 0 aromatic heterocycles. The van der Waals surface area contributed by atoms with E-state index in [-0.39, 0.29) is 24.2 Å². The molecule has 0 spiro atoms. The summed E-state index contributed by atoms with van der Waals surface area (Å²) in [5.41, 5.74) is 7.29. The van der Waals surface area contributed by atoms with E-state index in [0.29, 0.717) is 34.8 Å². The normalized spacial score (nSPS) is 15.3. The standard InChI is InChI=1S/C20H22ClN3O2.ClH/c21-15-6-4-14(5-7-15)18(25)23-16-8-10-17(11-9-16)24-19(26)20(22)12-2-1-3-13-20;/h4-11H,1-3,12-13,22H2,(H,23,25)(H,24,26);1H. The summed E-state index contributed by atoms with van der Waals surface area (Å²) < 4.78 is 0. The maximum atomic E-state index is 12.4. The first kappa shape index (κ1) is 21.2. The number of nitrogens with one attached hydrogen (secondary N) is 2. The molecule has 7 heteroatoms. The van der Waals surface area contributed by atoms with Crippen LogP contribution >= 0.6 is 24.0 Å². The van der Waals surface area contributed by atoms with Crippen molar-refractivity contribution in [3.8, 4) is 0 Å². The van der Waals surface area contributed by atoms with Crippen molar-refractivity contribution in [2.45, 2.75) is 37.6 Å². The molecule has 1 aliphatic rings. The summed E-state index contributed by atoms with van der Waals surface area (Å²) in [4.78, 5) is 24.6. The van der Waals surface area contributed by atoms with Gasteiger partial charge in [-0.2, -0.15) is 0 Å². The zero-order chi connectivity index (χ0) is 18.6. The van der Waals surface area contributed by atoms with Crippen LogP contribution < -0.4 is 16.4 Å². The van der Waals surface area contributed by atoms with Crippen molar-refractivity contribution in [1.29, 1.82) is 0 Å². The highest BCUT2D eigenvalue weighted by molar-refractivity contribution is 6.30. The van der Waals surface area contributed by atoms with Gasteiger partial charge in [0.15, 0.2) is 0 Å². The third-order valence-corrected chi connectivity index (χ3v) is 4.96. The van der Waals surface area contributed by atoms with Gasteiger partial charge in [0.2, 0.25) is 5.91 Å². The van der Waals surface area contributed by atoms with Gasteiger partial charge in [0.1, 0.15) is 0 Å². The van der Waals surface area contributed by atoms with Crippen LogP contribution in [0.1, 0.15) is 42.5 Å². The Morgan fingerprint density at radius 3 is 1.93 bits per heavy atom. The minimum absolute atomic E-state index is 0. The van der Waals surface area contributed by atoms with Crippen molar-refractivity contribution in [3.05, 3.63) is 59.1 Å². The molecule has 0 atom stereocenters. The predicted octanol–water partition coefficient (Wildman–Crippen LogP) is 4.61. The molecule has 5 nitrogen and oxygen atoms in total. The molecule has 0 radical (unpaired) electrons. The Balaban J connectivity index is 0.00000261. The Hall–Kier alpha value is -2.08. The average molecular weight is 408 g/mol. The third kappa shape index (κ3) is 5.45. The van der Waals surface area contributed by atoms with Gasteiger partial charge in [0.25, 0.3) is 5.91 Å². The molecule has 2 aromatic carbocycles. The molecule has 0 heterocycles. The lowest BCUT2D eigenvalue weighted by Crippen LogP contribution is -2.52. The smallest absolute Gasteiger partial charge is 0.255 e. The van der Waals surface area contributed by atoms with Gasteiger partial charge in [0.05, 0.1) is 5.54 Å². The first-order valence-electron chi connectivity index (χ1n) is 8.74. The molecule has 27 heavy (non-hydrogen) atoms. The van der Waals surface area contributed by atoms with Crippen molar-refractivity contribution in [2.75, 3.05) is 10.6 Å². The molecule has 0 aliphatic heterocycles. The van der Waals surface area contributed by atoms with Crippen molar-refractivity contribution >= 4 is 47.2 Å². The third-order valence-electron chi connectivity index (χ3n) is 4.71. The Morgan fingerprint density at radius 1 is 0.852 bits per heavy atom. The number of benzene rings is 2. The lowest BCUT2D eigenvalue weighted by Gasteiger charge is -2.31. The second kappa shape index (κ2) is 9.22. The highest BCUT2D eigenvalue weighted by atomic mass is 35.5. The monoisotopic (exact) mass is 407 g/mol. The van der Waals surface area contributed by atoms with Gasteiger partial charge in [0, 0.05) is 22.0 Å². The highest BCUT2D eigenvalue weighted by Crippen LogP contribution is 2.27. The van der Waals surface area contributed by atoms with E-state index in [1.165, 1.54) is 0 Å². The molecule has 4 N–H and O–H groups in total. The van der Waals surface area contributed by atoms with Crippen LogP contribution in [0, 0.1) is 0 Å². The number of nitrogens with two attached hydrogens (primary N) is 1. The maximum absolute atomic E-state index is 12.4. The highest BCUT2D eigenvalue weighted by Gasteiger charge is 2.35. The molecule has 2 aromatic rings. The first-order chi connectivity index (χ1) is 12.5. The first-order valence-corrected chi connectivity index (χ1v) is 9.11.